The molecular formula is C25H27N5O3. The molecule has 0 bridgehead atoms. The Labute approximate surface area is 192 Å². The van der Waals surface area contributed by atoms with Gasteiger partial charge in [-0.1, -0.05) is 6.07 Å². The number of methoxy groups -OCH3 is 2. The van der Waals surface area contributed by atoms with Crippen molar-refractivity contribution in [3.63, 3.8) is 0 Å². The first kappa shape index (κ1) is 21.1. The summed E-state index contributed by atoms with van der Waals surface area (Å²) in [4.78, 5) is 19.9. The van der Waals surface area contributed by atoms with Gasteiger partial charge in [-0.3, -0.25) is 4.79 Å². The maximum Gasteiger partial charge on any atom is 0.226 e. The number of carbonyl (C=O) groups excluding carboxylic acids is 1. The average Bonchev–Trinajstić information content (AvgIpc) is 3.26. The highest BCUT2D eigenvalue weighted by Gasteiger charge is 2.37. The summed E-state index contributed by atoms with van der Waals surface area (Å²) in [7, 11) is 7.23. The zero-order valence-corrected chi connectivity index (χ0v) is 19.3. The van der Waals surface area contributed by atoms with E-state index in [2.05, 4.69) is 5.32 Å². The standard InChI is InChI=1S/C25H27N5O3/c1-29(2)17-11-8-15(9-12-17)24-27-25-26-18-6-5-7-19(31)22(18)23(30(25)28-24)16-10-13-20(32-3)21(14-16)33-4/h8-14,23H,5-7H2,1-4H3,(H,26,27,28). The Kier molecular flexibility index (Phi) is 5.28. The minimum Gasteiger partial charge on any atom is -0.493 e. The topological polar surface area (TPSA) is 81.5 Å². The van der Waals surface area contributed by atoms with Crippen molar-refractivity contribution in [1.82, 2.24) is 14.8 Å². The van der Waals surface area contributed by atoms with Crippen LogP contribution in [-0.4, -0.2) is 48.9 Å². The number of allylic oxidation sites excluding steroid dienone is 2. The van der Waals surface area contributed by atoms with Crippen LogP contribution in [0.3, 0.4) is 0 Å². The van der Waals surface area contributed by atoms with Crippen molar-refractivity contribution in [2.75, 3.05) is 38.5 Å². The van der Waals surface area contributed by atoms with Gasteiger partial charge in [0.2, 0.25) is 5.95 Å². The Morgan fingerprint density at radius 2 is 1.79 bits per heavy atom. The van der Waals surface area contributed by atoms with E-state index in [9.17, 15) is 4.79 Å². The van der Waals surface area contributed by atoms with Crippen LogP contribution in [0, 0.1) is 0 Å². The fourth-order valence-electron chi connectivity index (χ4n) is 4.52. The van der Waals surface area contributed by atoms with Gasteiger partial charge in [-0.2, -0.15) is 4.98 Å². The van der Waals surface area contributed by atoms with Crippen molar-refractivity contribution >= 4 is 17.4 Å². The van der Waals surface area contributed by atoms with Gasteiger partial charge in [-0.25, -0.2) is 4.68 Å². The summed E-state index contributed by atoms with van der Waals surface area (Å²) in [6.07, 6.45) is 2.17. The average molecular weight is 446 g/mol. The highest BCUT2D eigenvalue weighted by Crippen LogP contribution is 2.42. The first-order chi connectivity index (χ1) is 16.0. The highest BCUT2D eigenvalue weighted by molar-refractivity contribution is 5.99. The molecule has 0 amide bonds. The molecule has 1 N–H and O–H groups in total. The number of anilines is 2. The van der Waals surface area contributed by atoms with E-state index in [1.54, 1.807) is 14.2 Å². The van der Waals surface area contributed by atoms with Crippen molar-refractivity contribution in [3.8, 4) is 22.9 Å². The van der Waals surface area contributed by atoms with E-state index < -0.39 is 0 Å². The quantitative estimate of drug-likeness (QED) is 0.634. The molecule has 1 aromatic heterocycles. The van der Waals surface area contributed by atoms with Crippen molar-refractivity contribution in [3.05, 3.63) is 59.3 Å². The van der Waals surface area contributed by atoms with Crippen molar-refractivity contribution in [1.29, 1.82) is 0 Å². The van der Waals surface area contributed by atoms with Crippen LogP contribution in [0.5, 0.6) is 11.5 Å². The van der Waals surface area contributed by atoms with E-state index in [-0.39, 0.29) is 11.8 Å². The molecule has 2 heterocycles. The molecule has 5 rings (SSSR count). The molecule has 33 heavy (non-hydrogen) atoms. The summed E-state index contributed by atoms with van der Waals surface area (Å²) >= 11 is 0. The molecular weight excluding hydrogens is 418 g/mol. The molecule has 8 heteroatoms. The van der Waals surface area contributed by atoms with Crippen molar-refractivity contribution in [2.45, 2.75) is 25.3 Å². The summed E-state index contributed by atoms with van der Waals surface area (Å²) in [5, 5.41) is 8.23. The van der Waals surface area contributed by atoms with Crippen LogP contribution in [0.25, 0.3) is 11.4 Å². The monoisotopic (exact) mass is 445 g/mol. The van der Waals surface area contributed by atoms with Crippen LogP contribution in [0.1, 0.15) is 30.9 Å². The van der Waals surface area contributed by atoms with E-state index in [0.29, 0.717) is 29.7 Å². The Bertz CT molecular complexity index is 1240. The molecule has 0 saturated carbocycles. The smallest absolute Gasteiger partial charge is 0.226 e. The van der Waals surface area contributed by atoms with Gasteiger partial charge in [0.25, 0.3) is 0 Å². The van der Waals surface area contributed by atoms with Crippen LogP contribution in [0.4, 0.5) is 11.6 Å². The molecule has 1 aliphatic carbocycles. The zero-order valence-electron chi connectivity index (χ0n) is 19.3. The fraction of sp³-hybridized carbons (Fsp3) is 0.320. The second-order valence-electron chi connectivity index (χ2n) is 8.46. The number of fused-ring (bicyclic) bond motifs is 1. The van der Waals surface area contributed by atoms with Gasteiger partial charge < -0.3 is 19.7 Å². The third kappa shape index (κ3) is 3.61. The lowest BCUT2D eigenvalue weighted by Gasteiger charge is -2.32. The molecule has 0 spiro atoms. The van der Waals surface area contributed by atoms with Crippen LogP contribution in [0.2, 0.25) is 0 Å². The van der Waals surface area contributed by atoms with Crippen LogP contribution in [0.15, 0.2) is 53.7 Å². The number of hydrogen-bond donors (Lipinski definition) is 1. The number of carbonyl (C=O) groups is 1. The molecule has 0 fully saturated rings. The van der Waals surface area contributed by atoms with Gasteiger partial charge in [-0.05, 0) is 54.8 Å². The number of nitrogens with zero attached hydrogens (tertiary/aromatic N) is 4. The molecule has 3 aromatic rings. The lowest BCUT2D eigenvalue weighted by molar-refractivity contribution is -0.116. The minimum atomic E-state index is -0.383. The number of ketones is 1. The first-order valence-corrected chi connectivity index (χ1v) is 11.0. The minimum absolute atomic E-state index is 0.140. The second-order valence-corrected chi connectivity index (χ2v) is 8.46. The molecule has 1 unspecified atom stereocenters. The van der Waals surface area contributed by atoms with E-state index in [4.69, 9.17) is 19.6 Å². The van der Waals surface area contributed by atoms with Gasteiger partial charge in [0, 0.05) is 43.0 Å². The van der Waals surface area contributed by atoms with Crippen molar-refractivity contribution in [2.24, 2.45) is 0 Å². The highest BCUT2D eigenvalue weighted by atomic mass is 16.5. The maximum absolute atomic E-state index is 13.1. The second kappa shape index (κ2) is 8.27. The summed E-state index contributed by atoms with van der Waals surface area (Å²) in [5.41, 5.74) is 4.60. The molecule has 1 atom stereocenters. The van der Waals surface area contributed by atoms with Gasteiger partial charge >= 0.3 is 0 Å². The zero-order chi connectivity index (χ0) is 23.1. The molecule has 2 aromatic carbocycles. The summed E-state index contributed by atoms with van der Waals surface area (Å²) in [5.74, 6) is 2.64. The van der Waals surface area contributed by atoms with Crippen molar-refractivity contribution < 1.29 is 14.3 Å². The van der Waals surface area contributed by atoms with E-state index in [1.807, 2.05) is 66.1 Å². The van der Waals surface area contributed by atoms with Gasteiger partial charge in [0.15, 0.2) is 23.1 Å². The molecule has 170 valence electrons. The Morgan fingerprint density at radius 3 is 2.48 bits per heavy atom. The van der Waals surface area contributed by atoms with E-state index in [1.165, 1.54) is 0 Å². The summed E-state index contributed by atoms with van der Waals surface area (Å²) < 4.78 is 12.8. The number of benzene rings is 2. The third-order valence-corrected chi connectivity index (χ3v) is 6.23. The molecule has 1 aliphatic heterocycles. The Hall–Kier alpha value is -3.81. The van der Waals surface area contributed by atoms with Crippen LogP contribution in [-0.2, 0) is 4.79 Å². The number of Topliss-reactive ketones (excluding diaryl/α,β-unsaturated/α-hetero) is 1. The SMILES string of the molecule is COc1ccc(C2C3=C(CCCC3=O)Nc3nc(-c4ccc(N(C)C)cc4)nn32)cc1OC. The van der Waals surface area contributed by atoms with Gasteiger partial charge in [0.05, 0.1) is 14.2 Å². The van der Waals surface area contributed by atoms with Crippen LogP contribution < -0.4 is 19.7 Å². The third-order valence-electron chi connectivity index (χ3n) is 6.23. The fourth-order valence-corrected chi connectivity index (χ4v) is 4.52. The summed E-state index contributed by atoms with van der Waals surface area (Å²) in [6, 6.07) is 13.5. The lowest BCUT2D eigenvalue weighted by Crippen LogP contribution is -2.31. The number of rotatable bonds is 5. The van der Waals surface area contributed by atoms with E-state index in [0.717, 1.165) is 40.9 Å². The normalized spacial score (nSPS) is 17.2. The van der Waals surface area contributed by atoms with Crippen LogP contribution >= 0.6 is 0 Å². The molecule has 0 saturated heterocycles. The Balaban J connectivity index is 1.63. The molecule has 2 aliphatic rings. The number of hydrogen-bond acceptors (Lipinski definition) is 7. The lowest BCUT2D eigenvalue weighted by atomic mass is 9.85. The Morgan fingerprint density at radius 1 is 1.03 bits per heavy atom. The van der Waals surface area contributed by atoms with E-state index >= 15 is 0 Å². The molecule has 8 nitrogen and oxygen atoms in total. The predicted molar refractivity (Wildman–Crippen MR) is 127 cm³/mol. The predicted octanol–water partition coefficient (Wildman–Crippen LogP) is 4.05. The van der Waals surface area contributed by atoms with Gasteiger partial charge in [0.1, 0.15) is 6.04 Å². The number of ether oxygens (including phenoxy) is 2. The molecule has 0 radical (unpaired) electrons. The summed E-state index contributed by atoms with van der Waals surface area (Å²) in [6.45, 7) is 0. The first-order valence-electron chi connectivity index (χ1n) is 11.0. The number of aromatic nitrogens is 3. The van der Waals surface area contributed by atoms with Gasteiger partial charge in [-0.15, -0.1) is 5.10 Å². The maximum atomic E-state index is 13.1. The number of nitrogens with one attached hydrogen (secondary N) is 1. The largest absolute Gasteiger partial charge is 0.493 e.